The molecule has 4 aromatic rings. The number of hydrogen-bond acceptors (Lipinski definition) is 4. The van der Waals surface area contributed by atoms with Crippen molar-refractivity contribution in [3.63, 3.8) is 0 Å². The van der Waals surface area contributed by atoms with Gasteiger partial charge in [0.25, 0.3) is 11.8 Å². The molecule has 0 spiro atoms. The third kappa shape index (κ3) is 10.5. The molecule has 3 N–H and O–H groups in total. The van der Waals surface area contributed by atoms with E-state index in [1.165, 1.54) is 24.3 Å². The third-order valence-corrected chi connectivity index (χ3v) is 9.93. The number of carbonyl (C=O) groups is 3. The molecule has 0 bridgehead atoms. The average Bonchev–Trinajstić information content (AvgIpc) is 3.16. The molecule has 1 saturated carbocycles. The maximum atomic E-state index is 15.3. The lowest BCUT2D eigenvalue weighted by Gasteiger charge is -2.37. The molecule has 1 fully saturated rings. The Bertz CT molecular complexity index is 2220. The van der Waals surface area contributed by atoms with E-state index in [1.54, 1.807) is 0 Å². The van der Waals surface area contributed by atoms with Crippen LogP contribution in [-0.2, 0) is 29.1 Å². The van der Waals surface area contributed by atoms with Gasteiger partial charge in [-0.05, 0) is 103 Å². The Hall–Kier alpha value is -5.82. The molecule has 5 rings (SSSR count). The van der Waals surface area contributed by atoms with Gasteiger partial charge in [-0.3, -0.25) is 14.4 Å². The summed E-state index contributed by atoms with van der Waals surface area (Å²) in [5.41, 5.74) is -9.41. The van der Waals surface area contributed by atoms with Crippen LogP contribution < -0.4 is 15.4 Å². The van der Waals surface area contributed by atoms with Gasteiger partial charge in [0.1, 0.15) is 23.2 Å². The zero-order valence-electron chi connectivity index (χ0n) is 30.5. The summed E-state index contributed by atoms with van der Waals surface area (Å²) in [5.74, 6) is -10.3. The Kier molecular flexibility index (Phi) is 13.1. The van der Waals surface area contributed by atoms with Crippen molar-refractivity contribution < 1.29 is 81.3 Å². The molecule has 1 atom stereocenters. The Morgan fingerprint density at radius 2 is 1.25 bits per heavy atom. The van der Waals surface area contributed by atoms with Crippen molar-refractivity contribution in [3.8, 4) is 5.75 Å². The molecular formula is C40H31F13N2O5. The number of benzene rings is 4. The van der Waals surface area contributed by atoms with E-state index in [4.69, 9.17) is 0 Å². The topological polar surface area (TPSA) is 105 Å². The van der Waals surface area contributed by atoms with Crippen LogP contribution in [-0.4, -0.2) is 42.0 Å². The van der Waals surface area contributed by atoms with Gasteiger partial charge in [-0.15, -0.1) is 0 Å². The normalized spacial score (nSPS) is 17.2. The monoisotopic (exact) mass is 866 g/mol. The third-order valence-electron chi connectivity index (χ3n) is 9.93. The summed E-state index contributed by atoms with van der Waals surface area (Å²) in [6.45, 7) is 0.169. The maximum absolute atomic E-state index is 15.3. The first-order valence-electron chi connectivity index (χ1n) is 17.7. The number of aliphatic carboxylic acids is 1. The van der Waals surface area contributed by atoms with Gasteiger partial charge in [0, 0.05) is 30.2 Å². The van der Waals surface area contributed by atoms with E-state index in [1.807, 2.05) is 0 Å². The van der Waals surface area contributed by atoms with Crippen LogP contribution in [0.15, 0.2) is 78.9 Å². The van der Waals surface area contributed by atoms with Crippen LogP contribution in [0.5, 0.6) is 5.75 Å². The predicted molar refractivity (Wildman–Crippen MR) is 185 cm³/mol. The van der Waals surface area contributed by atoms with Crippen LogP contribution in [0.1, 0.15) is 74.2 Å². The molecule has 2 amide bonds. The van der Waals surface area contributed by atoms with E-state index in [0.29, 0.717) is 49.9 Å². The molecule has 322 valence electrons. The largest absolute Gasteiger partial charge is 0.481 e. The number of carbonyl (C=O) groups excluding carboxylic acids is 2. The van der Waals surface area contributed by atoms with Crippen LogP contribution >= 0.6 is 0 Å². The lowest BCUT2D eigenvalue weighted by atomic mass is 9.76. The van der Waals surface area contributed by atoms with E-state index < -0.39 is 112 Å². The lowest BCUT2D eigenvalue weighted by molar-refractivity contribution is -0.253. The second kappa shape index (κ2) is 17.4. The highest BCUT2D eigenvalue weighted by Crippen LogP contribution is 2.42. The summed E-state index contributed by atoms with van der Waals surface area (Å²) in [7, 11) is 0. The van der Waals surface area contributed by atoms with E-state index in [9.17, 15) is 72.2 Å². The van der Waals surface area contributed by atoms with E-state index in [-0.39, 0.29) is 53.9 Å². The van der Waals surface area contributed by atoms with Crippen molar-refractivity contribution >= 4 is 17.8 Å². The smallest absolute Gasteiger partial charge is 0.461 e. The minimum Gasteiger partial charge on any atom is -0.481 e. The van der Waals surface area contributed by atoms with Crippen LogP contribution in [0.2, 0.25) is 0 Å². The zero-order valence-corrected chi connectivity index (χ0v) is 30.5. The van der Waals surface area contributed by atoms with Crippen LogP contribution in [0.3, 0.4) is 0 Å². The molecule has 0 aromatic heterocycles. The van der Waals surface area contributed by atoms with E-state index >= 15 is 4.39 Å². The van der Waals surface area contributed by atoms with Gasteiger partial charge in [-0.25, -0.2) is 13.2 Å². The highest BCUT2D eigenvalue weighted by atomic mass is 19.4. The summed E-state index contributed by atoms with van der Waals surface area (Å²) in [6.07, 6.45) is -19.7. The first-order valence-corrected chi connectivity index (χ1v) is 17.7. The number of carboxylic acids is 1. The van der Waals surface area contributed by atoms with Gasteiger partial charge in [0.15, 0.2) is 0 Å². The fourth-order valence-electron chi connectivity index (χ4n) is 6.82. The molecule has 60 heavy (non-hydrogen) atoms. The Balaban J connectivity index is 1.64. The highest BCUT2D eigenvalue weighted by molar-refractivity contribution is 5.96. The number of rotatable bonds is 13. The lowest BCUT2D eigenvalue weighted by Crippen LogP contribution is -2.49. The highest BCUT2D eigenvalue weighted by Gasteiger charge is 2.46. The number of hydrogen-bond donors (Lipinski definition) is 3. The Morgan fingerprint density at radius 1 is 0.683 bits per heavy atom. The van der Waals surface area contributed by atoms with Crippen molar-refractivity contribution in [2.75, 3.05) is 6.54 Å². The Labute approximate surface area is 331 Å². The number of carboxylic acid groups (broad SMARTS) is 1. The molecule has 0 heterocycles. The summed E-state index contributed by atoms with van der Waals surface area (Å²) in [4.78, 5) is 38.2. The summed E-state index contributed by atoms with van der Waals surface area (Å²) >= 11 is 0. The summed E-state index contributed by atoms with van der Waals surface area (Å²) in [6, 6.07) is 7.68. The fraction of sp³-hybridized carbons (Fsp3) is 0.325. The van der Waals surface area contributed by atoms with Crippen molar-refractivity contribution in [2.45, 2.75) is 62.5 Å². The SMILES string of the molecule is O=C(NCC1CCC(C(=O)O)CC1)c1ccc(C[C@](NC(=O)c2ccc(F)c(C(F)(F)F)c2)(c2cc(F)cc(OC(F)(F)C(F)F)c2)c2ccc(F)c(C(F)(F)F)c2)cc1. The molecule has 4 aromatic carbocycles. The number of amides is 2. The van der Waals surface area contributed by atoms with E-state index in [0.717, 1.165) is 0 Å². The molecule has 1 aliphatic carbocycles. The van der Waals surface area contributed by atoms with Gasteiger partial charge in [0.05, 0.1) is 22.6 Å². The summed E-state index contributed by atoms with van der Waals surface area (Å²) < 4.78 is 186. The van der Waals surface area contributed by atoms with Crippen molar-refractivity contribution in [1.82, 2.24) is 10.6 Å². The summed E-state index contributed by atoms with van der Waals surface area (Å²) in [5, 5.41) is 14.1. The predicted octanol–water partition coefficient (Wildman–Crippen LogP) is 9.92. The van der Waals surface area contributed by atoms with Gasteiger partial charge < -0.3 is 20.5 Å². The number of alkyl halides is 10. The minimum atomic E-state index is -5.46. The fourth-order valence-corrected chi connectivity index (χ4v) is 6.82. The molecule has 0 aliphatic heterocycles. The standard InChI is InChI=1S/C40H31F13N2O5/c41-27-14-26(15-28(17-27)60-40(52,53)36(44)45)37(25-10-12-32(43)30(16-25)39(49,50)51,55-34(57)24-9-11-31(42)29(13-24)38(46,47)48)18-20-1-5-22(6-2-20)33(56)54-19-21-3-7-23(8-4-21)35(58)59/h1-2,5-6,9-17,21,23,36H,3-4,7-8,18-19H2,(H,54,56)(H,55,57)(H,58,59)/t21?,23?,37-/m1/s1. The van der Waals surface area contributed by atoms with E-state index in [2.05, 4.69) is 15.4 Å². The molecule has 7 nitrogen and oxygen atoms in total. The first kappa shape index (κ1) is 45.3. The van der Waals surface area contributed by atoms with Crippen LogP contribution in [0.4, 0.5) is 57.1 Å². The minimum absolute atomic E-state index is 0.00425. The number of nitrogens with one attached hydrogen (secondary N) is 2. The van der Waals surface area contributed by atoms with Crippen molar-refractivity contribution in [1.29, 1.82) is 0 Å². The maximum Gasteiger partial charge on any atom is 0.461 e. The molecule has 0 unspecified atom stereocenters. The first-order chi connectivity index (χ1) is 27.9. The zero-order chi connectivity index (χ0) is 44.4. The number of halogens is 13. The molecule has 0 radical (unpaired) electrons. The quantitative estimate of drug-likeness (QED) is 0.116. The molecule has 0 saturated heterocycles. The van der Waals surface area contributed by atoms with Gasteiger partial charge in [-0.2, -0.15) is 43.9 Å². The van der Waals surface area contributed by atoms with Crippen molar-refractivity contribution in [2.24, 2.45) is 11.8 Å². The van der Waals surface area contributed by atoms with Crippen LogP contribution in [0, 0.1) is 29.3 Å². The average molecular weight is 867 g/mol. The Morgan fingerprint density at radius 3 is 1.82 bits per heavy atom. The second-order valence-electron chi connectivity index (χ2n) is 14.0. The molecule has 1 aliphatic rings. The van der Waals surface area contributed by atoms with Gasteiger partial charge in [0.2, 0.25) is 0 Å². The van der Waals surface area contributed by atoms with Crippen molar-refractivity contribution in [3.05, 3.63) is 135 Å². The number of ether oxygens (including phenoxy) is 1. The molecular weight excluding hydrogens is 835 g/mol. The van der Waals surface area contributed by atoms with Gasteiger partial charge >= 0.3 is 30.9 Å². The second-order valence-corrected chi connectivity index (χ2v) is 14.0. The van der Waals surface area contributed by atoms with Crippen LogP contribution in [0.25, 0.3) is 0 Å². The van der Waals surface area contributed by atoms with Gasteiger partial charge in [-0.1, -0.05) is 18.2 Å². The molecule has 20 heteroatoms.